The van der Waals surface area contributed by atoms with Crippen LogP contribution in [0.25, 0.3) is 6.08 Å². The fraction of sp³-hybridized carbons (Fsp3) is 0.211. The molecule has 5 heteroatoms. The second-order valence-corrected chi connectivity index (χ2v) is 5.70. The molecule has 0 radical (unpaired) electrons. The highest BCUT2D eigenvalue weighted by Crippen LogP contribution is 2.25. The Labute approximate surface area is 147 Å². The lowest BCUT2D eigenvalue weighted by atomic mass is 10.1. The number of carbonyl (C=O) groups is 1. The molecule has 0 bridgehead atoms. The zero-order chi connectivity index (χ0) is 17.5. The first-order valence-corrected chi connectivity index (χ1v) is 7.81. The van der Waals surface area contributed by atoms with E-state index in [0.717, 1.165) is 11.1 Å². The largest absolute Gasteiger partial charge is 0.497 e. The quantitative estimate of drug-likeness (QED) is 0.742. The normalized spacial score (nSPS) is 10.7. The van der Waals surface area contributed by atoms with E-state index in [-0.39, 0.29) is 5.91 Å². The summed E-state index contributed by atoms with van der Waals surface area (Å²) < 4.78 is 10.5. The van der Waals surface area contributed by atoms with E-state index in [9.17, 15) is 4.79 Å². The number of hydrogen-bond acceptors (Lipinski definition) is 3. The highest BCUT2D eigenvalue weighted by atomic mass is 35.5. The van der Waals surface area contributed by atoms with Gasteiger partial charge in [-0.1, -0.05) is 23.7 Å². The minimum Gasteiger partial charge on any atom is -0.497 e. The minimum absolute atomic E-state index is 0.102. The minimum atomic E-state index is -0.102. The van der Waals surface area contributed by atoms with Gasteiger partial charge in [0.05, 0.1) is 14.2 Å². The van der Waals surface area contributed by atoms with Gasteiger partial charge in [0, 0.05) is 30.3 Å². The fourth-order valence-electron chi connectivity index (χ4n) is 2.20. The van der Waals surface area contributed by atoms with Gasteiger partial charge < -0.3 is 14.4 Å². The molecule has 2 rings (SSSR count). The number of ether oxygens (including phenoxy) is 2. The lowest BCUT2D eigenvalue weighted by Gasteiger charge is -2.15. The molecule has 0 saturated heterocycles. The van der Waals surface area contributed by atoms with Crippen molar-refractivity contribution in [1.29, 1.82) is 0 Å². The summed E-state index contributed by atoms with van der Waals surface area (Å²) in [5.41, 5.74) is 1.80. The van der Waals surface area contributed by atoms with Gasteiger partial charge in [-0.2, -0.15) is 0 Å². The van der Waals surface area contributed by atoms with Gasteiger partial charge in [-0.25, -0.2) is 0 Å². The van der Waals surface area contributed by atoms with Crippen LogP contribution in [-0.4, -0.2) is 32.1 Å². The van der Waals surface area contributed by atoms with Gasteiger partial charge in [-0.3, -0.25) is 4.79 Å². The Balaban J connectivity index is 2.07. The third kappa shape index (κ3) is 4.77. The van der Waals surface area contributed by atoms with Crippen LogP contribution in [-0.2, 0) is 11.3 Å². The second kappa shape index (κ2) is 8.41. The first-order chi connectivity index (χ1) is 11.5. The Morgan fingerprint density at radius 1 is 1.12 bits per heavy atom. The molecule has 0 aliphatic heterocycles. The Bertz CT molecular complexity index is 726. The summed E-state index contributed by atoms with van der Waals surface area (Å²) in [4.78, 5) is 13.9. The Morgan fingerprint density at radius 3 is 2.46 bits per heavy atom. The summed E-state index contributed by atoms with van der Waals surface area (Å²) >= 11 is 5.87. The van der Waals surface area contributed by atoms with E-state index in [0.29, 0.717) is 23.1 Å². The summed E-state index contributed by atoms with van der Waals surface area (Å²) in [6.45, 7) is 0.510. The number of benzene rings is 2. The van der Waals surface area contributed by atoms with Crippen LogP contribution in [0.5, 0.6) is 11.5 Å². The standard InChI is InChI=1S/C19H20ClNO3/c1-21(13-14-4-7-16(20)8-5-14)19(22)11-6-15-12-17(23-2)9-10-18(15)24-3/h4-12H,13H2,1-3H3. The first kappa shape index (κ1) is 17.9. The number of rotatable bonds is 6. The maximum Gasteiger partial charge on any atom is 0.246 e. The van der Waals surface area contributed by atoms with Crippen LogP contribution >= 0.6 is 11.6 Å². The molecule has 4 nitrogen and oxygen atoms in total. The molecule has 2 aromatic rings. The first-order valence-electron chi connectivity index (χ1n) is 7.43. The van der Waals surface area contributed by atoms with Crippen LogP contribution in [0.4, 0.5) is 0 Å². The topological polar surface area (TPSA) is 38.8 Å². The number of hydrogen-bond donors (Lipinski definition) is 0. The molecule has 0 aliphatic carbocycles. The molecule has 0 heterocycles. The van der Waals surface area contributed by atoms with Gasteiger partial charge in [-0.15, -0.1) is 0 Å². The molecule has 0 aromatic heterocycles. The third-order valence-corrected chi connectivity index (χ3v) is 3.80. The molecule has 2 aromatic carbocycles. The van der Waals surface area contributed by atoms with Crippen LogP contribution < -0.4 is 9.47 Å². The molecule has 126 valence electrons. The average molecular weight is 346 g/mol. The lowest BCUT2D eigenvalue weighted by Crippen LogP contribution is -2.24. The lowest BCUT2D eigenvalue weighted by molar-refractivity contribution is -0.125. The number of methoxy groups -OCH3 is 2. The van der Waals surface area contributed by atoms with Crippen molar-refractivity contribution < 1.29 is 14.3 Å². The Kier molecular flexibility index (Phi) is 6.27. The molecule has 0 unspecified atom stereocenters. The van der Waals surface area contributed by atoms with E-state index in [4.69, 9.17) is 21.1 Å². The predicted octanol–water partition coefficient (Wildman–Crippen LogP) is 4.03. The van der Waals surface area contributed by atoms with Gasteiger partial charge in [0.1, 0.15) is 11.5 Å². The van der Waals surface area contributed by atoms with Crippen molar-refractivity contribution in [3.63, 3.8) is 0 Å². The van der Waals surface area contributed by atoms with Gasteiger partial charge in [0.15, 0.2) is 0 Å². The average Bonchev–Trinajstić information content (AvgIpc) is 2.61. The van der Waals surface area contributed by atoms with Crippen LogP contribution in [0.15, 0.2) is 48.5 Å². The number of halogens is 1. The zero-order valence-electron chi connectivity index (χ0n) is 14.0. The summed E-state index contributed by atoms with van der Waals surface area (Å²) in [6.07, 6.45) is 3.25. The molecule has 1 amide bonds. The van der Waals surface area contributed by atoms with E-state index in [2.05, 4.69) is 0 Å². The maximum atomic E-state index is 12.3. The van der Waals surface area contributed by atoms with Gasteiger partial charge in [0.2, 0.25) is 5.91 Å². The van der Waals surface area contributed by atoms with E-state index in [1.165, 1.54) is 6.08 Å². The van der Waals surface area contributed by atoms with Crippen LogP contribution in [0, 0.1) is 0 Å². The van der Waals surface area contributed by atoms with Crippen LogP contribution in [0.1, 0.15) is 11.1 Å². The number of carbonyl (C=O) groups excluding carboxylic acids is 1. The molecule has 0 atom stereocenters. The SMILES string of the molecule is COc1ccc(OC)c(C=CC(=O)N(C)Cc2ccc(Cl)cc2)c1. The van der Waals surface area contributed by atoms with E-state index < -0.39 is 0 Å². The van der Waals surface area contributed by atoms with Crippen molar-refractivity contribution in [1.82, 2.24) is 4.90 Å². The Hall–Kier alpha value is -2.46. The monoisotopic (exact) mass is 345 g/mol. The van der Waals surface area contributed by atoms with Gasteiger partial charge in [0.25, 0.3) is 0 Å². The molecule has 0 fully saturated rings. The Morgan fingerprint density at radius 2 is 1.83 bits per heavy atom. The summed E-state index contributed by atoms with van der Waals surface area (Å²) in [5.74, 6) is 1.28. The van der Waals surface area contributed by atoms with Crippen molar-refractivity contribution in [2.45, 2.75) is 6.54 Å². The summed E-state index contributed by atoms with van der Waals surface area (Å²) in [5, 5.41) is 0.678. The molecule has 0 N–H and O–H groups in total. The van der Waals surface area contributed by atoms with Crippen molar-refractivity contribution in [2.75, 3.05) is 21.3 Å². The zero-order valence-corrected chi connectivity index (χ0v) is 14.7. The molecule has 0 spiro atoms. The van der Waals surface area contributed by atoms with Gasteiger partial charge >= 0.3 is 0 Å². The maximum absolute atomic E-state index is 12.3. The smallest absolute Gasteiger partial charge is 0.246 e. The number of likely N-dealkylation sites (N-methyl/N-ethyl adjacent to an activating group) is 1. The predicted molar refractivity (Wildman–Crippen MR) is 96.5 cm³/mol. The van der Waals surface area contributed by atoms with E-state index in [1.54, 1.807) is 38.3 Å². The molecule has 0 saturated carbocycles. The molecular formula is C19H20ClNO3. The van der Waals surface area contributed by atoms with Crippen molar-refractivity contribution in [3.8, 4) is 11.5 Å². The fourth-order valence-corrected chi connectivity index (χ4v) is 2.33. The summed E-state index contributed by atoms with van der Waals surface area (Å²) in [7, 11) is 4.94. The summed E-state index contributed by atoms with van der Waals surface area (Å²) in [6, 6.07) is 12.9. The van der Waals surface area contributed by atoms with Crippen molar-refractivity contribution >= 4 is 23.6 Å². The second-order valence-electron chi connectivity index (χ2n) is 5.26. The molecular weight excluding hydrogens is 326 g/mol. The number of amides is 1. The molecule has 24 heavy (non-hydrogen) atoms. The molecule has 0 aliphatic rings. The third-order valence-electron chi connectivity index (χ3n) is 3.55. The van der Waals surface area contributed by atoms with Crippen molar-refractivity contribution in [2.24, 2.45) is 0 Å². The van der Waals surface area contributed by atoms with Crippen LogP contribution in [0.2, 0.25) is 5.02 Å². The van der Waals surface area contributed by atoms with Crippen molar-refractivity contribution in [3.05, 3.63) is 64.7 Å². The van der Waals surface area contributed by atoms with E-state index >= 15 is 0 Å². The van der Waals surface area contributed by atoms with Gasteiger partial charge in [-0.05, 0) is 42.0 Å². The van der Waals surface area contributed by atoms with Crippen LogP contribution in [0.3, 0.4) is 0 Å². The highest BCUT2D eigenvalue weighted by molar-refractivity contribution is 6.30. The van der Waals surface area contributed by atoms with E-state index in [1.807, 2.05) is 36.4 Å². The highest BCUT2D eigenvalue weighted by Gasteiger charge is 2.07. The number of nitrogens with zero attached hydrogens (tertiary/aromatic N) is 1.